The molecule has 1 atom stereocenters. The van der Waals surface area contributed by atoms with Crippen LogP contribution in [0.2, 0.25) is 0 Å². The number of piperidine rings is 1. The highest BCUT2D eigenvalue weighted by molar-refractivity contribution is 5.10. The lowest BCUT2D eigenvalue weighted by Crippen LogP contribution is -2.57. The number of nitrogens with one attached hydrogen (secondary N) is 1. The Hall–Kier alpha value is -0.980. The van der Waals surface area contributed by atoms with E-state index >= 15 is 0 Å². The summed E-state index contributed by atoms with van der Waals surface area (Å²) in [6.07, 6.45) is 3.29. The first-order valence-electron chi connectivity index (χ1n) is 8.32. The zero-order valence-corrected chi connectivity index (χ0v) is 12.8. The van der Waals surface area contributed by atoms with E-state index in [1.54, 1.807) is 0 Å². The average Bonchev–Trinajstić information content (AvgIpc) is 3.07. The van der Waals surface area contributed by atoms with Crippen LogP contribution in [-0.4, -0.2) is 65.8 Å². The Morgan fingerprint density at radius 1 is 1.24 bits per heavy atom. The number of nitrogens with zero attached hydrogens (tertiary/aromatic N) is 4. The molecular formula is C15H25N5O. The maximum atomic E-state index is 5.73. The summed E-state index contributed by atoms with van der Waals surface area (Å²) in [4.78, 5) is 9.87. The summed E-state index contributed by atoms with van der Waals surface area (Å²) < 4.78 is 5.73. The number of aromatic nitrogens is 2. The van der Waals surface area contributed by atoms with E-state index in [0.717, 1.165) is 63.7 Å². The molecule has 5 rings (SSSR count). The minimum absolute atomic E-state index is 0.0970. The summed E-state index contributed by atoms with van der Waals surface area (Å²) in [5.41, 5.74) is 0.0970. The van der Waals surface area contributed by atoms with Crippen molar-refractivity contribution >= 4 is 0 Å². The van der Waals surface area contributed by atoms with Crippen LogP contribution in [0.1, 0.15) is 43.9 Å². The maximum Gasteiger partial charge on any atom is 0.233 e. The first-order valence-corrected chi connectivity index (χ1v) is 8.32. The van der Waals surface area contributed by atoms with E-state index in [1.807, 2.05) is 0 Å². The van der Waals surface area contributed by atoms with Crippen molar-refractivity contribution in [3.05, 3.63) is 11.7 Å². The molecule has 6 nitrogen and oxygen atoms in total. The molecule has 5 heterocycles. The predicted octanol–water partition coefficient (Wildman–Crippen LogP) is 0.773. The summed E-state index contributed by atoms with van der Waals surface area (Å²) in [7, 11) is 0. The SMILES string of the molecule is CCC1(c2nc(C3CN4CCN3CC4)no2)CCNCC1. The van der Waals surface area contributed by atoms with Gasteiger partial charge in [-0.2, -0.15) is 4.98 Å². The minimum Gasteiger partial charge on any atom is -0.339 e. The van der Waals surface area contributed by atoms with Gasteiger partial charge in [-0.05, 0) is 32.4 Å². The number of hydrogen-bond donors (Lipinski definition) is 1. The van der Waals surface area contributed by atoms with Crippen LogP contribution in [0.25, 0.3) is 0 Å². The Morgan fingerprint density at radius 3 is 2.62 bits per heavy atom. The fourth-order valence-corrected chi connectivity index (χ4v) is 4.07. The fraction of sp³-hybridized carbons (Fsp3) is 0.867. The van der Waals surface area contributed by atoms with E-state index in [9.17, 15) is 0 Å². The topological polar surface area (TPSA) is 57.4 Å². The van der Waals surface area contributed by atoms with Gasteiger partial charge in [0.15, 0.2) is 5.82 Å². The third-order valence-electron chi connectivity index (χ3n) is 5.71. The Labute approximate surface area is 125 Å². The summed E-state index contributed by atoms with van der Waals surface area (Å²) in [5.74, 6) is 1.78. The van der Waals surface area contributed by atoms with E-state index in [-0.39, 0.29) is 5.41 Å². The molecule has 0 aliphatic carbocycles. The molecule has 2 bridgehead atoms. The molecule has 1 aromatic heterocycles. The summed E-state index contributed by atoms with van der Waals surface area (Å²) in [6.45, 7) is 10.0. The van der Waals surface area contributed by atoms with Crippen molar-refractivity contribution in [3.63, 3.8) is 0 Å². The molecule has 4 saturated heterocycles. The third-order valence-corrected chi connectivity index (χ3v) is 5.71. The highest BCUT2D eigenvalue weighted by Crippen LogP contribution is 2.37. The molecule has 1 N–H and O–H groups in total. The van der Waals surface area contributed by atoms with Crippen LogP contribution in [0.15, 0.2) is 4.52 Å². The van der Waals surface area contributed by atoms with Crippen molar-refractivity contribution in [1.29, 1.82) is 0 Å². The molecule has 0 saturated carbocycles. The Balaban J connectivity index is 1.57. The second kappa shape index (κ2) is 5.34. The maximum absolute atomic E-state index is 5.73. The zero-order valence-electron chi connectivity index (χ0n) is 12.8. The van der Waals surface area contributed by atoms with Crippen LogP contribution in [0.5, 0.6) is 0 Å². The summed E-state index contributed by atoms with van der Waals surface area (Å²) in [5, 5.41) is 7.78. The van der Waals surface area contributed by atoms with Crippen LogP contribution >= 0.6 is 0 Å². The lowest BCUT2D eigenvalue weighted by Gasteiger charge is -2.46. The van der Waals surface area contributed by atoms with Crippen LogP contribution in [0.4, 0.5) is 0 Å². The van der Waals surface area contributed by atoms with Gasteiger partial charge in [-0.15, -0.1) is 0 Å². The molecule has 4 aliphatic heterocycles. The van der Waals surface area contributed by atoms with Gasteiger partial charge >= 0.3 is 0 Å². The van der Waals surface area contributed by atoms with E-state index in [4.69, 9.17) is 9.51 Å². The third kappa shape index (κ3) is 2.29. The van der Waals surface area contributed by atoms with Crippen molar-refractivity contribution < 1.29 is 4.52 Å². The first-order chi connectivity index (χ1) is 10.3. The van der Waals surface area contributed by atoms with Gasteiger partial charge < -0.3 is 9.84 Å². The van der Waals surface area contributed by atoms with Crippen molar-refractivity contribution in [3.8, 4) is 0 Å². The molecule has 6 heteroatoms. The Morgan fingerprint density at radius 2 is 2.00 bits per heavy atom. The normalized spacial score (nSPS) is 35.0. The van der Waals surface area contributed by atoms with Gasteiger partial charge in [0.05, 0.1) is 11.5 Å². The molecule has 0 aromatic carbocycles. The predicted molar refractivity (Wildman–Crippen MR) is 79.1 cm³/mol. The van der Waals surface area contributed by atoms with E-state index in [0.29, 0.717) is 6.04 Å². The number of piperazine rings is 3. The van der Waals surface area contributed by atoms with Gasteiger partial charge in [0, 0.05) is 32.7 Å². The van der Waals surface area contributed by atoms with Gasteiger partial charge in [0.2, 0.25) is 5.89 Å². The quantitative estimate of drug-likeness (QED) is 0.888. The smallest absolute Gasteiger partial charge is 0.233 e. The van der Waals surface area contributed by atoms with E-state index < -0.39 is 0 Å². The average molecular weight is 291 g/mol. The fourth-order valence-electron chi connectivity index (χ4n) is 4.07. The monoisotopic (exact) mass is 291 g/mol. The van der Waals surface area contributed by atoms with Gasteiger partial charge in [-0.3, -0.25) is 9.80 Å². The van der Waals surface area contributed by atoms with Crippen molar-refractivity contribution in [1.82, 2.24) is 25.3 Å². The summed E-state index contributed by atoms with van der Waals surface area (Å²) in [6, 6.07) is 0.334. The second-order valence-corrected chi connectivity index (χ2v) is 6.69. The van der Waals surface area contributed by atoms with Gasteiger partial charge in [-0.1, -0.05) is 12.1 Å². The number of rotatable bonds is 3. The lowest BCUT2D eigenvalue weighted by atomic mass is 9.76. The molecule has 0 radical (unpaired) electrons. The Kier molecular flexibility index (Phi) is 3.47. The highest BCUT2D eigenvalue weighted by atomic mass is 16.5. The number of fused-ring (bicyclic) bond motifs is 3. The second-order valence-electron chi connectivity index (χ2n) is 6.69. The van der Waals surface area contributed by atoms with Gasteiger partial charge in [-0.25, -0.2) is 0 Å². The van der Waals surface area contributed by atoms with Crippen molar-refractivity contribution in [2.24, 2.45) is 0 Å². The molecule has 4 aliphatic rings. The standard InChI is InChI=1S/C15H25N5O/c1-2-15(3-5-16-6-4-15)14-17-13(18-21-14)12-11-19-7-9-20(12)10-8-19/h12,16H,2-11H2,1H3. The first kappa shape index (κ1) is 13.7. The van der Waals surface area contributed by atoms with E-state index in [1.165, 1.54) is 13.1 Å². The van der Waals surface area contributed by atoms with Crippen molar-refractivity contribution in [2.75, 3.05) is 45.8 Å². The van der Waals surface area contributed by atoms with Crippen LogP contribution in [-0.2, 0) is 5.41 Å². The Bertz CT molecular complexity index is 488. The van der Waals surface area contributed by atoms with Crippen LogP contribution in [0.3, 0.4) is 0 Å². The van der Waals surface area contributed by atoms with Crippen LogP contribution < -0.4 is 5.32 Å². The molecular weight excluding hydrogens is 266 g/mol. The molecule has 1 aromatic rings. The molecule has 0 spiro atoms. The molecule has 0 amide bonds. The summed E-state index contributed by atoms with van der Waals surface area (Å²) >= 11 is 0. The number of hydrogen-bond acceptors (Lipinski definition) is 6. The van der Waals surface area contributed by atoms with E-state index in [2.05, 4.69) is 27.2 Å². The lowest BCUT2D eigenvalue weighted by molar-refractivity contribution is 0.00780. The molecule has 21 heavy (non-hydrogen) atoms. The minimum atomic E-state index is 0.0970. The van der Waals surface area contributed by atoms with Gasteiger partial charge in [0.1, 0.15) is 0 Å². The largest absolute Gasteiger partial charge is 0.339 e. The molecule has 116 valence electrons. The molecule has 1 unspecified atom stereocenters. The highest BCUT2D eigenvalue weighted by Gasteiger charge is 2.40. The van der Waals surface area contributed by atoms with Crippen LogP contribution in [0, 0.1) is 0 Å². The molecule has 4 fully saturated rings. The zero-order chi connectivity index (χ0) is 14.3. The van der Waals surface area contributed by atoms with Gasteiger partial charge in [0.25, 0.3) is 0 Å². The van der Waals surface area contributed by atoms with Crippen molar-refractivity contribution in [2.45, 2.75) is 37.6 Å².